The summed E-state index contributed by atoms with van der Waals surface area (Å²) in [4.78, 5) is 11.0. The lowest BCUT2D eigenvalue weighted by Gasteiger charge is -2.27. The van der Waals surface area contributed by atoms with Crippen LogP contribution in [0.5, 0.6) is 0 Å². The molecule has 0 aliphatic rings. The fraction of sp³-hybridized carbons (Fsp3) is 0.700. The third-order valence-electron chi connectivity index (χ3n) is 2.45. The largest absolute Gasteiger partial charge is 0.532 e. The molecule has 1 N–H and O–H groups in total. The number of rotatable bonds is 7. The van der Waals surface area contributed by atoms with Crippen LogP contribution >= 0.6 is 0 Å². The van der Waals surface area contributed by atoms with E-state index in [0.29, 0.717) is 11.6 Å². The highest BCUT2D eigenvalue weighted by Crippen LogP contribution is 2.25. The van der Waals surface area contributed by atoms with E-state index in [9.17, 15) is 4.79 Å². The van der Waals surface area contributed by atoms with Crippen LogP contribution in [0.3, 0.4) is 0 Å². The van der Waals surface area contributed by atoms with Gasteiger partial charge in [0.1, 0.15) is 0 Å². The molecule has 0 bridgehead atoms. The zero-order valence-corrected chi connectivity index (χ0v) is 11.5. The number of carboxylic acids is 1. The van der Waals surface area contributed by atoms with E-state index in [4.69, 9.17) is 18.4 Å². The van der Waals surface area contributed by atoms with Crippen LogP contribution < -0.4 is 0 Å². The molecule has 102 valence electrons. The molecule has 0 aromatic rings. The Hall–Kier alpha value is -0.476. The lowest BCUT2D eigenvalue weighted by atomic mass is 10.2. The first-order chi connectivity index (χ1) is 7.48. The average Bonchev–Trinajstić information content (AvgIpc) is 2.29. The van der Waals surface area contributed by atoms with Crippen LogP contribution in [0.25, 0.3) is 0 Å². The average molecular weight is 280 g/mol. The maximum atomic E-state index is 11.0. The van der Waals surface area contributed by atoms with Gasteiger partial charge in [0, 0.05) is 32.1 Å². The van der Waals surface area contributed by atoms with Crippen LogP contribution in [0.1, 0.15) is 26.7 Å². The SMILES string of the molecule is CCCC(=C(C)C(=O)O)[Si](OC)(OC)OC.[SiH4]. The minimum Gasteiger partial charge on any atom is -0.478 e. The first-order valence-corrected chi connectivity index (χ1v) is 6.80. The highest BCUT2D eigenvalue weighted by molar-refractivity contribution is 6.69. The zero-order chi connectivity index (χ0) is 12.8. The molecule has 0 amide bonds. The standard InChI is InChI=1S/C10H20O5Si.H4Si/c1-6-7-9(8(2)10(11)12)16(13-3,14-4)15-5;/h6-7H2,1-5H3,(H,11,12);1H4. The van der Waals surface area contributed by atoms with E-state index in [1.54, 1.807) is 6.92 Å². The van der Waals surface area contributed by atoms with Crippen molar-refractivity contribution in [2.45, 2.75) is 26.7 Å². The van der Waals surface area contributed by atoms with Crippen LogP contribution in [0.15, 0.2) is 10.8 Å². The summed E-state index contributed by atoms with van der Waals surface area (Å²) in [6.07, 6.45) is 1.41. The van der Waals surface area contributed by atoms with Gasteiger partial charge >= 0.3 is 14.8 Å². The molecule has 0 spiro atoms. The van der Waals surface area contributed by atoms with Crippen molar-refractivity contribution >= 4 is 25.7 Å². The third-order valence-corrected chi connectivity index (χ3v) is 5.43. The fourth-order valence-electron chi connectivity index (χ4n) is 1.57. The van der Waals surface area contributed by atoms with Gasteiger partial charge in [-0.15, -0.1) is 0 Å². The van der Waals surface area contributed by atoms with Crippen LogP contribution in [0.2, 0.25) is 0 Å². The summed E-state index contributed by atoms with van der Waals surface area (Å²) >= 11 is 0. The van der Waals surface area contributed by atoms with Crippen LogP contribution in [0.4, 0.5) is 0 Å². The van der Waals surface area contributed by atoms with Crippen molar-refractivity contribution in [3.8, 4) is 0 Å². The van der Waals surface area contributed by atoms with Gasteiger partial charge in [0.15, 0.2) is 0 Å². The predicted molar refractivity (Wildman–Crippen MR) is 73.4 cm³/mol. The van der Waals surface area contributed by atoms with E-state index in [2.05, 4.69) is 0 Å². The van der Waals surface area contributed by atoms with E-state index in [0.717, 1.165) is 6.42 Å². The lowest BCUT2D eigenvalue weighted by molar-refractivity contribution is -0.132. The van der Waals surface area contributed by atoms with Gasteiger partial charge in [0.25, 0.3) is 0 Å². The van der Waals surface area contributed by atoms with Gasteiger partial charge in [-0.05, 0) is 24.3 Å². The Labute approximate surface area is 108 Å². The molecule has 0 aromatic carbocycles. The Balaban J connectivity index is 0. The van der Waals surface area contributed by atoms with Crippen molar-refractivity contribution < 1.29 is 23.2 Å². The summed E-state index contributed by atoms with van der Waals surface area (Å²) in [7, 11) is 1.43. The van der Waals surface area contributed by atoms with Crippen molar-refractivity contribution in [3.63, 3.8) is 0 Å². The maximum absolute atomic E-state index is 11.0. The Morgan fingerprint density at radius 1 is 1.18 bits per heavy atom. The Morgan fingerprint density at radius 3 is 1.82 bits per heavy atom. The molecular formula is C10H24O5Si2. The van der Waals surface area contributed by atoms with Crippen molar-refractivity contribution in [2.75, 3.05) is 21.3 Å². The van der Waals surface area contributed by atoms with Gasteiger partial charge < -0.3 is 18.4 Å². The second-order valence-corrected chi connectivity index (χ2v) is 6.27. The molecule has 0 rings (SSSR count). The molecule has 5 nitrogen and oxygen atoms in total. The Kier molecular flexibility index (Phi) is 9.54. The van der Waals surface area contributed by atoms with E-state index in [-0.39, 0.29) is 16.5 Å². The summed E-state index contributed by atoms with van der Waals surface area (Å²) in [5.41, 5.74) is 0.249. The lowest BCUT2D eigenvalue weighted by Crippen LogP contribution is -2.46. The molecule has 0 heterocycles. The third kappa shape index (κ3) is 4.36. The number of allylic oxidation sites excluding steroid dienone is 1. The van der Waals surface area contributed by atoms with E-state index < -0.39 is 14.8 Å². The molecule has 7 heteroatoms. The molecule has 0 atom stereocenters. The number of aliphatic carboxylic acids is 1. The van der Waals surface area contributed by atoms with Gasteiger partial charge in [0.2, 0.25) is 0 Å². The molecule has 0 aliphatic heterocycles. The minimum atomic E-state index is -2.99. The molecule has 0 unspecified atom stereocenters. The highest BCUT2D eigenvalue weighted by atomic mass is 28.4. The van der Waals surface area contributed by atoms with Crippen LogP contribution in [-0.2, 0) is 18.1 Å². The summed E-state index contributed by atoms with van der Waals surface area (Å²) in [5, 5.41) is 9.66. The van der Waals surface area contributed by atoms with Crippen LogP contribution in [0, 0.1) is 0 Å². The number of hydrogen-bond donors (Lipinski definition) is 1. The molecule has 0 saturated carbocycles. The van der Waals surface area contributed by atoms with Gasteiger partial charge in [-0.1, -0.05) is 13.3 Å². The second kappa shape index (κ2) is 8.59. The summed E-state index contributed by atoms with van der Waals surface area (Å²) in [5.74, 6) is -0.966. The van der Waals surface area contributed by atoms with Gasteiger partial charge in [-0.3, -0.25) is 0 Å². The number of carboxylic acid groups (broad SMARTS) is 1. The Morgan fingerprint density at radius 2 is 1.59 bits per heavy atom. The van der Waals surface area contributed by atoms with Crippen molar-refractivity contribution in [1.29, 1.82) is 0 Å². The van der Waals surface area contributed by atoms with E-state index in [1.807, 2.05) is 6.92 Å². The monoisotopic (exact) mass is 280 g/mol. The summed E-state index contributed by atoms with van der Waals surface area (Å²) < 4.78 is 15.9. The van der Waals surface area contributed by atoms with Crippen LogP contribution in [-0.4, -0.2) is 52.2 Å². The van der Waals surface area contributed by atoms with E-state index >= 15 is 0 Å². The predicted octanol–water partition coefficient (Wildman–Crippen LogP) is 0.153. The van der Waals surface area contributed by atoms with Crippen molar-refractivity contribution in [3.05, 3.63) is 10.8 Å². The first kappa shape index (κ1) is 18.9. The van der Waals surface area contributed by atoms with Gasteiger partial charge in [-0.25, -0.2) is 4.79 Å². The van der Waals surface area contributed by atoms with E-state index in [1.165, 1.54) is 21.3 Å². The summed E-state index contributed by atoms with van der Waals surface area (Å²) in [6.45, 7) is 3.52. The topological polar surface area (TPSA) is 65.0 Å². The first-order valence-electron chi connectivity index (χ1n) is 5.08. The Bertz CT molecular complexity index is 266. The normalized spacial score (nSPS) is 12.8. The van der Waals surface area contributed by atoms with Gasteiger partial charge in [-0.2, -0.15) is 0 Å². The number of carbonyl (C=O) groups is 1. The number of hydrogen-bond acceptors (Lipinski definition) is 4. The quantitative estimate of drug-likeness (QED) is 0.531. The smallest absolute Gasteiger partial charge is 0.478 e. The minimum absolute atomic E-state index is 0. The molecule has 0 saturated heterocycles. The van der Waals surface area contributed by atoms with Gasteiger partial charge in [0.05, 0.1) is 0 Å². The van der Waals surface area contributed by atoms with Crippen molar-refractivity contribution in [1.82, 2.24) is 0 Å². The molecule has 0 aliphatic carbocycles. The maximum Gasteiger partial charge on any atom is 0.532 e. The fourth-order valence-corrected chi connectivity index (χ4v) is 3.93. The molecular weight excluding hydrogens is 256 g/mol. The zero-order valence-electron chi connectivity index (χ0n) is 10.5. The molecule has 0 radical (unpaired) electrons. The molecule has 17 heavy (non-hydrogen) atoms. The highest BCUT2D eigenvalue weighted by Gasteiger charge is 2.44. The molecule has 0 aromatic heterocycles. The second-order valence-electron chi connectivity index (χ2n) is 3.33. The van der Waals surface area contributed by atoms with Crippen molar-refractivity contribution in [2.24, 2.45) is 0 Å². The summed E-state index contributed by atoms with van der Waals surface area (Å²) in [6, 6.07) is 0. The molecule has 0 fully saturated rings.